The highest BCUT2D eigenvalue weighted by atomic mass is 35.5. The van der Waals surface area contributed by atoms with Crippen LogP contribution in [0.15, 0.2) is 23.1 Å². The molecule has 0 amide bonds. The van der Waals surface area contributed by atoms with E-state index in [2.05, 4.69) is 0 Å². The third-order valence-corrected chi connectivity index (χ3v) is 6.14. The van der Waals surface area contributed by atoms with Crippen LogP contribution in [0.3, 0.4) is 0 Å². The van der Waals surface area contributed by atoms with E-state index in [0.29, 0.717) is 5.46 Å². The molecule has 1 aromatic carbocycles. The van der Waals surface area contributed by atoms with Gasteiger partial charge in [0.2, 0.25) is 0 Å². The second-order valence-electron chi connectivity index (χ2n) is 8.56. The summed E-state index contributed by atoms with van der Waals surface area (Å²) >= 11 is 6.11. The van der Waals surface area contributed by atoms with E-state index < -0.39 is 28.4 Å². The summed E-state index contributed by atoms with van der Waals surface area (Å²) in [6.07, 6.45) is 0. The summed E-state index contributed by atoms with van der Waals surface area (Å²) in [5, 5.41) is 0.106. The molecule has 1 aromatic rings. The van der Waals surface area contributed by atoms with Gasteiger partial charge in [-0.25, -0.2) is 0 Å². The fourth-order valence-electron chi connectivity index (χ4n) is 2.16. The van der Waals surface area contributed by atoms with Crippen LogP contribution in [-0.2, 0) is 23.6 Å². The minimum atomic E-state index is -3.98. The van der Waals surface area contributed by atoms with E-state index in [-0.39, 0.29) is 21.9 Å². The summed E-state index contributed by atoms with van der Waals surface area (Å²) < 4.78 is 42.2. The van der Waals surface area contributed by atoms with Crippen LogP contribution in [-0.4, -0.2) is 33.3 Å². The third-order valence-electron chi connectivity index (χ3n) is 4.40. The first-order valence-corrected chi connectivity index (χ1v) is 9.98. The van der Waals surface area contributed by atoms with E-state index in [4.69, 9.17) is 25.1 Å². The second kappa shape index (κ2) is 6.53. The minimum absolute atomic E-state index is 0.0619. The van der Waals surface area contributed by atoms with E-state index in [9.17, 15) is 8.42 Å². The van der Waals surface area contributed by atoms with Gasteiger partial charge in [-0.2, -0.15) is 8.42 Å². The zero-order valence-corrected chi connectivity index (χ0v) is 17.4. The first-order valence-electron chi connectivity index (χ1n) is 8.19. The number of halogens is 1. The predicted molar refractivity (Wildman–Crippen MR) is 99.8 cm³/mol. The smallest absolute Gasteiger partial charge is 0.399 e. The Kier molecular flexibility index (Phi) is 5.41. The van der Waals surface area contributed by atoms with Gasteiger partial charge < -0.3 is 9.31 Å². The fourth-order valence-corrected chi connectivity index (χ4v) is 3.78. The van der Waals surface area contributed by atoms with Crippen LogP contribution in [0.4, 0.5) is 0 Å². The summed E-state index contributed by atoms with van der Waals surface area (Å²) in [4.78, 5) is -0.0781. The molecule has 0 saturated carbocycles. The van der Waals surface area contributed by atoms with E-state index in [1.165, 1.54) is 12.1 Å². The van der Waals surface area contributed by atoms with E-state index in [1.54, 1.807) is 6.07 Å². The molecule has 1 heterocycles. The quantitative estimate of drug-likeness (QED) is 0.584. The average molecular weight is 389 g/mol. The summed E-state index contributed by atoms with van der Waals surface area (Å²) in [6, 6.07) is 4.69. The molecular formula is C17H26BClO5S. The molecule has 8 heteroatoms. The molecule has 0 unspecified atom stereocenters. The molecule has 0 aliphatic carbocycles. The Balaban J connectivity index is 2.33. The average Bonchev–Trinajstić information content (AvgIpc) is 2.65. The lowest BCUT2D eigenvalue weighted by atomic mass is 9.79. The SMILES string of the molecule is CC(C)(C)COS(=O)(=O)c1cc(B2OC(C)(C)C(C)(C)O2)ccc1Cl. The van der Waals surface area contributed by atoms with Gasteiger partial charge in [0, 0.05) is 0 Å². The van der Waals surface area contributed by atoms with Gasteiger partial charge in [0.1, 0.15) is 4.90 Å². The van der Waals surface area contributed by atoms with Crippen molar-refractivity contribution in [3.05, 3.63) is 23.2 Å². The molecule has 2 rings (SSSR count). The van der Waals surface area contributed by atoms with Crippen LogP contribution in [0.5, 0.6) is 0 Å². The molecule has 0 N–H and O–H groups in total. The molecule has 0 bridgehead atoms. The Hall–Kier alpha value is -0.595. The van der Waals surface area contributed by atoms with E-state index >= 15 is 0 Å². The number of benzene rings is 1. The van der Waals surface area contributed by atoms with Crippen LogP contribution in [0.1, 0.15) is 48.5 Å². The maximum absolute atomic E-state index is 12.5. The zero-order valence-electron chi connectivity index (χ0n) is 15.8. The van der Waals surface area contributed by atoms with E-state index in [0.717, 1.165) is 0 Å². The molecule has 140 valence electrons. The van der Waals surface area contributed by atoms with Crippen LogP contribution >= 0.6 is 11.6 Å². The second-order valence-corrected chi connectivity index (χ2v) is 10.5. The zero-order chi connectivity index (χ0) is 19.3. The Morgan fingerprint density at radius 3 is 2.12 bits per heavy atom. The van der Waals surface area contributed by atoms with Gasteiger partial charge >= 0.3 is 7.12 Å². The van der Waals surface area contributed by atoms with Crippen molar-refractivity contribution in [2.45, 2.75) is 64.6 Å². The summed E-state index contributed by atoms with van der Waals surface area (Å²) in [6.45, 7) is 13.5. The van der Waals surface area contributed by atoms with Crippen molar-refractivity contribution in [3.8, 4) is 0 Å². The Morgan fingerprint density at radius 2 is 1.64 bits per heavy atom. The fraction of sp³-hybridized carbons (Fsp3) is 0.647. The van der Waals surface area contributed by atoms with Gasteiger partial charge in [-0.15, -0.1) is 0 Å². The van der Waals surface area contributed by atoms with Gasteiger partial charge in [-0.05, 0) is 50.7 Å². The largest absolute Gasteiger partial charge is 0.494 e. The molecule has 1 aliphatic heterocycles. The summed E-state index contributed by atoms with van der Waals surface area (Å²) in [5.74, 6) is 0. The van der Waals surface area contributed by atoms with Crippen molar-refractivity contribution < 1.29 is 21.9 Å². The highest BCUT2D eigenvalue weighted by molar-refractivity contribution is 7.86. The van der Waals surface area contributed by atoms with Crippen molar-refractivity contribution >= 4 is 34.3 Å². The molecule has 1 saturated heterocycles. The summed E-state index contributed by atoms with van der Waals surface area (Å²) in [5.41, 5.74) is -0.734. The van der Waals surface area contributed by atoms with Crippen molar-refractivity contribution in [1.82, 2.24) is 0 Å². The maximum Gasteiger partial charge on any atom is 0.494 e. The van der Waals surface area contributed by atoms with Crippen LogP contribution in [0, 0.1) is 5.41 Å². The molecule has 25 heavy (non-hydrogen) atoms. The molecule has 0 radical (unpaired) electrons. The minimum Gasteiger partial charge on any atom is -0.399 e. The maximum atomic E-state index is 12.5. The molecule has 0 spiro atoms. The van der Waals surface area contributed by atoms with E-state index in [1.807, 2.05) is 48.5 Å². The Bertz CT molecular complexity index is 737. The highest BCUT2D eigenvalue weighted by Crippen LogP contribution is 2.37. The van der Waals surface area contributed by atoms with Gasteiger partial charge in [-0.1, -0.05) is 38.4 Å². The summed E-state index contributed by atoms with van der Waals surface area (Å²) in [7, 11) is -4.64. The third kappa shape index (κ3) is 4.58. The number of hydrogen-bond donors (Lipinski definition) is 0. The lowest BCUT2D eigenvalue weighted by Crippen LogP contribution is -2.41. The standard InChI is InChI=1S/C17H26BClO5S/c1-15(2,3)11-22-25(20,21)14-10-12(8-9-13(14)19)18-23-16(4,5)17(6,7)24-18/h8-10H,11H2,1-7H3. The lowest BCUT2D eigenvalue weighted by molar-refractivity contribution is 0.00578. The van der Waals surface area contributed by atoms with Crippen LogP contribution in [0.2, 0.25) is 5.02 Å². The topological polar surface area (TPSA) is 61.8 Å². The molecular weight excluding hydrogens is 363 g/mol. The molecule has 5 nitrogen and oxygen atoms in total. The lowest BCUT2D eigenvalue weighted by Gasteiger charge is -2.32. The molecule has 1 fully saturated rings. The van der Waals surface area contributed by atoms with Crippen LogP contribution < -0.4 is 5.46 Å². The molecule has 0 aromatic heterocycles. The highest BCUT2D eigenvalue weighted by Gasteiger charge is 2.51. The first kappa shape index (κ1) is 20.7. The van der Waals surface area contributed by atoms with Crippen molar-refractivity contribution in [2.24, 2.45) is 5.41 Å². The first-order chi connectivity index (χ1) is 11.1. The predicted octanol–water partition coefficient (Wildman–Crippen LogP) is 3.39. The van der Waals surface area contributed by atoms with Crippen molar-refractivity contribution in [3.63, 3.8) is 0 Å². The Morgan fingerprint density at radius 1 is 1.12 bits per heavy atom. The van der Waals surface area contributed by atoms with Gasteiger partial charge in [-0.3, -0.25) is 4.18 Å². The van der Waals surface area contributed by atoms with Gasteiger partial charge in [0.15, 0.2) is 0 Å². The van der Waals surface area contributed by atoms with Crippen LogP contribution in [0.25, 0.3) is 0 Å². The number of rotatable bonds is 4. The Labute approximate surface area is 156 Å². The monoisotopic (exact) mass is 388 g/mol. The molecule has 1 aliphatic rings. The van der Waals surface area contributed by atoms with Crippen molar-refractivity contribution in [2.75, 3.05) is 6.61 Å². The van der Waals surface area contributed by atoms with Gasteiger partial charge in [0.25, 0.3) is 10.1 Å². The van der Waals surface area contributed by atoms with Crippen molar-refractivity contribution in [1.29, 1.82) is 0 Å². The molecule has 0 atom stereocenters. The van der Waals surface area contributed by atoms with Gasteiger partial charge in [0.05, 0.1) is 22.8 Å². The normalized spacial score (nSPS) is 20.1. The number of hydrogen-bond acceptors (Lipinski definition) is 5.